The lowest BCUT2D eigenvalue weighted by Gasteiger charge is -2.34. The van der Waals surface area contributed by atoms with E-state index in [1.165, 1.54) is 40.9 Å². The average molecular weight is 240 g/mol. The van der Waals surface area contributed by atoms with E-state index in [1.54, 1.807) is 0 Å². The van der Waals surface area contributed by atoms with Crippen LogP contribution in [0.4, 0.5) is 0 Å². The first kappa shape index (κ1) is 12.6. The van der Waals surface area contributed by atoms with Crippen molar-refractivity contribution in [1.82, 2.24) is 3.94 Å². The smallest absolute Gasteiger partial charge is 0.0803 e. The molecule has 0 aromatic rings. The first-order valence-electron chi connectivity index (χ1n) is 5.31. The van der Waals surface area contributed by atoms with Crippen LogP contribution in [0.1, 0.15) is 33.1 Å². The molecule has 1 fully saturated rings. The van der Waals surface area contributed by atoms with Crippen LogP contribution in [0.3, 0.4) is 0 Å². The maximum atomic E-state index is 5.79. The summed E-state index contributed by atoms with van der Waals surface area (Å²) >= 11 is 11.6. The lowest BCUT2D eigenvalue weighted by atomic mass is 10.0. The number of nitrogens with zero attached hydrogens (tertiary/aromatic N) is 2. The predicted molar refractivity (Wildman–Crippen MR) is 62.3 cm³/mol. The Bertz CT molecular complexity index is 182. The minimum Gasteiger partial charge on any atom is -0.326 e. The zero-order chi connectivity index (χ0) is 10.8. The van der Waals surface area contributed by atoms with Gasteiger partial charge >= 0.3 is 0 Å². The minimum absolute atomic E-state index is 0.118. The maximum absolute atomic E-state index is 5.79. The Labute approximate surface area is 97.6 Å². The molecule has 84 valence electrons. The number of likely N-dealkylation sites (tertiary alicyclic amines) is 1. The van der Waals surface area contributed by atoms with E-state index in [9.17, 15) is 0 Å². The molecule has 0 aromatic heterocycles. The normalized spacial score (nSPS) is 21.9. The highest BCUT2D eigenvalue weighted by Crippen LogP contribution is 2.26. The van der Waals surface area contributed by atoms with Gasteiger partial charge in [0.1, 0.15) is 0 Å². The Kier molecular flexibility index (Phi) is 4.10. The predicted octanol–water partition coefficient (Wildman–Crippen LogP) is 3.01. The molecular weight excluding hydrogens is 219 g/mol. The monoisotopic (exact) mass is 239 g/mol. The summed E-state index contributed by atoms with van der Waals surface area (Å²) in [5.74, 6) is 0. The van der Waals surface area contributed by atoms with E-state index in [0.29, 0.717) is 0 Å². The second-order valence-electron chi connectivity index (χ2n) is 5.29. The molecule has 4 heteroatoms. The number of hydrogen-bond acceptors (Lipinski definition) is 1. The molecule has 0 amide bonds. The first-order chi connectivity index (χ1) is 6.36. The summed E-state index contributed by atoms with van der Waals surface area (Å²) in [6.45, 7) is 7.94. The van der Waals surface area contributed by atoms with E-state index >= 15 is 0 Å². The Morgan fingerprint density at radius 2 is 1.71 bits per heavy atom. The molecule has 0 aromatic carbocycles. The van der Waals surface area contributed by atoms with Crippen molar-refractivity contribution >= 4 is 23.6 Å². The Hall–Kier alpha value is 0.500. The standard InChI is InChI=1S/C10H21Cl2N2/c1-10(2,13(11)12)6-9-14(3)7-4-5-8-14/h4-9H2,1-3H3/q+1. The Morgan fingerprint density at radius 1 is 1.21 bits per heavy atom. The van der Waals surface area contributed by atoms with Crippen LogP contribution in [-0.4, -0.2) is 40.6 Å². The Balaban J connectivity index is 2.39. The summed E-state index contributed by atoms with van der Waals surface area (Å²) in [4.78, 5) is 0. The van der Waals surface area contributed by atoms with Crippen LogP contribution >= 0.6 is 23.6 Å². The SMILES string of the molecule is CC(C)(CC[N+]1(C)CCCC1)N(Cl)Cl. The van der Waals surface area contributed by atoms with E-state index < -0.39 is 0 Å². The van der Waals surface area contributed by atoms with Crippen LogP contribution in [0.2, 0.25) is 0 Å². The van der Waals surface area contributed by atoms with Gasteiger partial charge in [-0.15, -0.1) is 3.94 Å². The van der Waals surface area contributed by atoms with Crippen molar-refractivity contribution in [2.75, 3.05) is 26.7 Å². The summed E-state index contributed by atoms with van der Waals surface area (Å²) in [6.07, 6.45) is 3.77. The molecule has 14 heavy (non-hydrogen) atoms. The zero-order valence-corrected chi connectivity index (χ0v) is 10.9. The molecule has 0 radical (unpaired) electrons. The molecule has 0 N–H and O–H groups in total. The highest BCUT2D eigenvalue weighted by molar-refractivity contribution is 6.34. The van der Waals surface area contributed by atoms with E-state index in [1.807, 2.05) is 0 Å². The fourth-order valence-electron chi connectivity index (χ4n) is 1.95. The van der Waals surface area contributed by atoms with Crippen LogP contribution in [-0.2, 0) is 0 Å². The van der Waals surface area contributed by atoms with E-state index in [-0.39, 0.29) is 5.54 Å². The van der Waals surface area contributed by atoms with Crippen molar-refractivity contribution in [1.29, 1.82) is 0 Å². The van der Waals surface area contributed by atoms with Crippen molar-refractivity contribution in [3.05, 3.63) is 0 Å². The van der Waals surface area contributed by atoms with Gasteiger partial charge in [0, 0.05) is 19.3 Å². The molecule has 0 bridgehead atoms. The van der Waals surface area contributed by atoms with E-state index in [2.05, 4.69) is 20.9 Å². The molecule has 1 aliphatic heterocycles. The summed E-state index contributed by atoms with van der Waals surface area (Å²) in [5.41, 5.74) is -0.118. The third-order valence-corrected chi connectivity index (χ3v) is 4.28. The van der Waals surface area contributed by atoms with Crippen molar-refractivity contribution in [3.8, 4) is 0 Å². The molecule has 2 nitrogen and oxygen atoms in total. The van der Waals surface area contributed by atoms with Gasteiger partial charge in [0.15, 0.2) is 0 Å². The molecule has 1 aliphatic rings. The summed E-state index contributed by atoms with van der Waals surface area (Å²) in [5, 5.41) is 0. The number of halogens is 2. The van der Waals surface area contributed by atoms with Gasteiger partial charge in [-0.25, -0.2) is 0 Å². The summed E-state index contributed by atoms with van der Waals surface area (Å²) < 4.78 is 2.47. The number of quaternary nitrogens is 1. The van der Waals surface area contributed by atoms with Gasteiger partial charge in [-0.05, 0) is 37.4 Å². The number of hydrogen-bond donors (Lipinski definition) is 0. The molecule has 0 unspecified atom stereocenters. The zero-order valence-electron chi connectivity index (χ0n) is 9.39. The fourth-order valence-corrected chi connectivity index (χ4v) is 2.12. The lowest BCUT2D eigenvalue weighted by Crippen LogP contribution is -2.45. The van der Waals surface area contributed by atoms with Gasteiger partial charge in [0.2, 0.25) is 0 Å². The quantitative estimate of drug-likeness (QED) is 0.539. The second kappa shape index (κ2) is 4.56. The molecule has 1 saturated heterocycles. The van der Waals surface area contributed by atoms with Crippen molar-refractivity contribution in [3.63, 3.8) is 0 Å². The van der Waals surface area contributed by atoms with Crippen molar-refractivity contribution in [2.45, 2.75) is 38.6 Å². The van der Waals surface area contributed by atoms with Crippen LogP contribution < -0.4 is 0 Å². The molecule has 0 aliphatic carbocycles. The average Bonchev–Trinajstić information content (AvgIpc) is 2.50. The van der Waals surface area contributed by atoms with Crippen LogP contribution in [0.15, 0.2) is 0 Å². The summed E-state index contributed by atoms with van der Waals surface area (Å²) in [6, 6.07) is 0. The van der Waals surface area contributed by atoms with Crippen LogP contribution in [0.25, 0.3) is 0 Å². The molecule has 0 saturated carbocycles. The molecule has 1 heterocycles. The maximum Gasteiger partial charge on any atom is 0.0803 e. The van der Waals surface area contributed by atoms with Crippen LogP contribution in [0, 0.1) is 0 Å². The van der Waals surface area contributed by atoms with Gasteiger partial charge < -0.3 is 4.48 Å². The van der Waals surface area contributed by atoms with Gasteiger partial charge in [0.25, 0.3) is 0 Å². The Morgan fingerprint density at radius 3 is 2.14 bits per heavy atom. The van der Waals surface area contributed by atoms with E-state index in [0.717, 1.165) is 6.42 Å². The van der Waals surface area contributed by atoms with Crippen molar-refractivity contribution < 1.29 is 4.48 Å². The van der Waals surface area contributed by atoms with Crippen molar-refractivity contribution in [2.24, 2.45) is 0 Å². The molecular formula is C10H21Cl2N2+. The van der Waals surface area contributed by atoms with Gasteiger partial charge in [0.05, 0.1) is 32.2 Å². The molecule has 1 rings (SSSR count). The largest absolute Gasteiger partial charge is 0.326 e. The first-order valence-corrected chi connectivity index (χ1v) is 5.99. The lowest BCUT2D eigenvalue weighted by molar-refractivity contribution is -0.898. The summed E-state index contributed by atoms with van der Waals surface area (Å²) in [7, 11) is 2.33. The van der Waals surface area contributed by atoms with Gasteiger partial charge in [-0.3, -0.25) is 0 Å². The van der Waals surface area contributed by atoms with Crippen LogP contribution in [0.5, 0.6) is 0 Å². The molecule has 0 atom stereocenters. The van der Waals surface area contributed by atoms with Gasteiger partial charge in [-0.1, -0.05) is 0 Å². The minimum atomic E-state index is -0.118. The topological polar surface area (TPSA) is 3.24 Å². The number of rotatable bonds is 4. The molecule has 0 spiro atoms. The van der Waals surface area contributed by atoms with Gasteiger partial charge in [-0.2, -0.15) is 0 Å². The fraction of sp³-hybridized carbons (Fsp3) is 1.00. The third kappa shape index (κ3) is 3.27. The highest BCUT2D eigenvalue weighted by atomic mass is 35.5. The highest BCUT2D eigenvalue weighted by Gasteiger charge is 2.32. The second-order valence-corrected chi connectivity index (χ2v) is 6.14. The van der Waals surface area contributed by atoms with E-state index in [4.69, 9.17) is 23.6 Å². The third-order valence-electron chi connectivity index (χ3n) is 3.37.